The van der Waals surface area contributed by atoms with Crippen LogP contribution in [0.1, 0.15) is 162 Å². The van der Waals surface area contributed by atoms with Crippen molar-refractivity contribution in [3.8, 4) is 0 Å². The zero-order chi connectivity index (χ0) is 73.7. The number of cyclic esters (lactones) is 1. The van der Waals surface area contributed by atoms with Crippen LogP contribution < -0.4 is 21.3 Å². The molecular formula is C70H122N12O14. The standard InChI is InChI=1S/C70H122N12O14/c1-39(2)33-50-65(90)79(21)53(36-42(7)8)61(86)72-47(16)70(95)96-60(45(13)14)69(94)80(22)54(37-43(9)10)63(88)74-51(34-40(3)4)66(91)81(23)57(44(11)12)68(93)82(24)58(59(85)46(15)28-31-76(18)32-29-49-27-25-26-30-71-49)64(89)75-56(48(17)83)67(92)77(19)38-55(84)78(20)52(35-41(5)6)62(87)73-50/h25-27,30,39-48,50-54,56-60,83,85H,28-29,31-38H2,1-24H3,(H,72,86)(H,73,87)(H,74,88)(H,75,89)/t46-,47+,48-,50+,51+,52+,53+,54+,56+,57+,58+,59-,60-/m1/s1. The molecule has 0 saturated carbocycles. The molecule has 2 heterocycles. The fraction of sp³-hybridized carbons (Fsp3) is 0.771. The van der Waals surface area contributed by atoms with Crippen molar-refractivity contribution in [1.29, 1.82) is 0 Å². The van der Waals surface area contributed by atoms with Crippen LogP contribution in [-0.2, 0) is 63.9 Å². The summed E-state index contributed by atoms with van der Waals surface area (Å²) in [6.07, 6.45) is -1.57. The van der Waals surface area contributed by atoms with E-state index in [1.807, 2.05) is 99.4 Å². The molecule has 1 aliphatic rings. The van der Waals surface area contributed by atoms with Crippen LogP contribution in [-0.4, -0.2) is 256 Å². The van der Waals surface area contributed by atoms with Crippen LogP contribution in [0.5, 0.6) is 0 Å². The van der Waals surface area contributed by atoms with Crippen LogP contribution in [0.15, 0.2) is 24.4 Å². The molecule has 13 atom stereocenters. The maximum Gasteiger partial charge on any atom is 0.329 e. The van der Waals surface area contributed by atoms with Crippen molar-refractivity contribution in [3.63, 3.8) is 0 Å². The summed E-state index contributed by atoms with van der Waals surface area (Å²) in [5.74, 6) is -11.7. The number of hydrogen-bond donors (Lipinski definition) is 6. The van der Waals surface area contributed by atoms with E-state index in [2.05, 4.69) is 26.3 Å². The molecule has 546 valence electrons. The zero-order valence-electron chi connectivity index (χ0n) is 62.3. The van der Waals surface area contributed by atoms with E-state index in [4.69, 9.17) is 4.74 Å². The minimum atomic E-state index is -1.77. The minimum absolute atomic E-state index is 0.0718. The molecule has 0 unspecified atom stereocenters. The van der Waals surface area contributed by atoms with E-state index in [9.17, 15) is 48.6 Å². The van der Waals surface area contributed by atoms with Gasteiger partial charge in [-0.25, -0.2) is 4.79 Å². The monoisotopic (exact) mass is 1350 g/mol. The number of aliphatic hydroxyl groups excluding tert-OH is 2. The van der Waals surface area contributed by atoms with Crippen LogP contribution in [0.4, 0.5) is 0 Å². The highest BCUT2D eigenvalue weighted by Gasteiger charge is 2.46. The molecule has 0 aliphatic carbocycles. The van der Waals surface area contributed by atoms with Gasteiger partial charge in [-0.15, -0.1) is 0 Å². The number of rotatable bonds is 21. The molecule has 0 radical (unpaired) electrons. The maximum absolute atomic E-state index is 15.4. The van der Waals surface area contributed by atoms with Gasteiger partial charge in [0.1, 0.15) is 54.4 Å². The first-order valence-corrected chi connectivity index (χ1v) is 34.4. The van der Waals surface area contributed by atoms with E-state index in [-0.39, 0.29) is 61.7 Å². The highest BCUT2D eigenvalue weighted by Crippen LogP contribution is 2.25. The van der Waals surface area contributed by atoms with Crippen molar-refractivity contribution in [1.82, 2.24) is 60.6 Å². The number of pyridine rings is 1. The number of amides is 10. The molecule has 0 bridgehead atoms. The SMILES string of the molecule is CC(C)C[C@@H]1NC(=O)[C@H](CC(C)C)N(C)C(=O)[C@@H](C(C)C)OC(=O)[C@H](C)NC(=O)[C@H](CC(C)C)N(C)C(=O)[C@H](CC(C)C)NC(=O)[C@H](CC(C)C)N(C)C(=O)CN(C)C(=O)[C@H]([C@@H](C)O)NC(=O)[C@H]([C@H](O)[C@H](C)CCN(C)CCc2ccccn2)N(C)C(=O)[C@H](C(C)C)N(C)C1=O. The van der Waals surface area contributed by atoms with Gasteiger partial charge >= 0.3 is 5.97 Å². The van der Waals surface area contributed by atoms with E-state index in [1.54, 1.807) is 40.8 Å². The highest BCUT2D eigenvalue weighted by atomic mass is 16.6. The molecule has 26 heteroatoms. The number of likely N-dealkylation sites (N-methyl/N-ethyl adjacent to an activating group) is 7. The van der Waals surface area contributed by atoms with Crippen molar-refractivity contribution in [3.05, 3.63) is 30.1 Å². The number of esters is 1. The van der Waals surface area contributed by atoms with E-state index >= 15 is 14.4 Å². The summed E-state index contributed by atoms with van der Waals surface area (Å²) in [6, 6.07) is -6.73. The zero-order valence-corrected chi connectivity index (χ0v) is 62.3. The first kappa shape index (κ1) is 85.3. The van der Waals surface area contributed by atoms with Gasteiger partial charge in [-0.3, -0.25) is 52.9 Å². The van der Waals surface area contributed by atoms with Gasteiger partial charge in [0.25, 0.3) is 5.91 Å². The Balaban J connectivity index is 3.02. The van der Waals surface area contributed by atoms with E-state index in [1.165, 1.54) is 70.8 Å². The molecule has 1 aliphatic heterocycles. The average Bonchev–Trinajstić information content (AvgIpc) is 0.814. The van der Waals surface area contributed by atoms with Gasteiger partial charge in [-0.05, 0) is 125 Å². The van der Waals surface area contributed by atoms with Gasteiger partial charge in [0.05, 0.1) is 18.8 Å². The van der Waals surface area contributed by atoms with Crippen LogP contribution in [0.3, 0.4) is 0 Å². The van der Waals surface area contributed by atoms with E-state index < -0.39 is 162 Å². The van der Waals surface area contributed by atoms with Crippen LogP contribution in [0.2, 0.25) is 0 Å². The first-order chi connectivity index (χ1) is 44.5. The minimum Gasteiger partial charge on any atom is -0.450 e. The lowest BCUT2D eigenvalue weighted by molar-refractivity contribution is -0.166. The van der Waals surface area contributed by atoms with E-state index in [0.29, 0.717) is 25.9 Å². The van der Waals surface area contributed by atoms with Gasteiger partial charge < -0.3 is 70.5 Å². The molecule has 0 aromatic carbocycles. The second-order valence-corrected chi connectivity index (χ2v) is 29.6. The largest absolute Gasteiger partial charge is 0.450 e. The van der Waals surface area contributed by atoms with Gasteiger partial charge in [0, 0.05) is 67.1 Å². The lowest BCUT2D eigenvalue weighted by Crippen LogP contribution is -2.64. The predicted molar refractivity (Wildman–Crippen MR) is 368 cm³/mol. The lowest BCUT2D eigenvalue weighted by Gasteiger charge is -2.40. The third kappa shape index (κ3) is 25.6. The number of nitrogens with one attached hydrogen (secondary N) is 4. The van der Waals surface area contributed by atoms with Crippen molar-refractivity contribution < 1.29 is 67.7 Å². The van der Waals surface area contributed by atoms with Crippen molar-refractivity contribution in [2.24, 2.45) is 47.3 Å². The third-order valence-electron chi connectivity index (χ3n) is 17.8. The molecular weight excluding hydrogens is 1230 g/mol. The Bertz CT molecular complexity index is 2730. The number of hydrogen-bond acceptors (Lipinski definition) is 16. The number of carbonyl (C=O) groups is 11. The number of carbonyl (C=O) groups excluding carboxylic acids is 11. The number of nitrogens with zero attached hydrogens (tertiary/aromatic N) is 8. The molecule has 1 fully saturated rings. The number of aromatic nitrogens is 1. The molecule has 0 spiro atoms. The maximum atomic E-state index is 15.4. The first-order valence-electron chi connectivity index (χ1n) is 34.4. The fourth-order valence-corrected chi connectivity index (χ4v) is 11.9. The fourth-order valence-electron chi connectivity index (χ4n) is 11.9. The van der Waals surface area contributed by atoms with Gasteiger partial charge in [-0.2, -0.15) is 0 Å². The van der Waals surface area contributed by atoms with Gasteiger partial charge in [0.15, 0.2) is 6.10 Å². The second kappa shape index (κ2) is 39.6. The number of aliphatic hydroxyl groups is 2. The normalized spacial score (nSPS) is 25.4. The molecule has 10 amide bonds. The van der Waals surface area contributed by atoms with Crippen LogP contribution >= 0.6 is 0 Å². The quantitative estimate of drug-likeness (QED) is 0.0962. The highest BCUT2D eigenvalue weighted by molar-refractivity contribution is 5.99. The molecule has 1 saturated heterocycles. The molecule has 6 N–H and O–H groups in total. The number of ether oxygens (including phenoxy) is 1. The van der Waals surface area contributed by atoms with Crippen LogP contribution in [0.25, 0.3) is 0 Å². The van der Waals surface area contributed by atoms with Crippen LogP contribution in [0, 0.1) is 47.3 Å². The Morgan fingerprint density at radius 2 is 0.969 bits per heavy atom. The Morgan fingerprint density at radius 1 is 0.521 bits per heavy atom. The summed E-state index contributed by atoms with van der Waals surface area (Å²) in [7, 11) is 10.1. The molecule has 1 aromatic rings. The Hall–Kier alpha value is -6.80. The lowest BCUT2D eigenvalue weighted by atomic mass is 9.91. The molecule has 2 rings (SSSR count). The van der Waals surface area contributed by atoms with Crippen molar-refractivity contribution >= 4 is 65.0 Å². The Kier molecular flexibility index (Phi) is 35.1. The average molecular weight is 1360 g/mol. The third-order valence-corrected chi connectivity index (χ3v) is 17.8. The topological polar surface area (TPSA) is 321 Å². The molecule has 96 heavy (non-hydrogen) atoms. The van der Waals surface area contributed by atoms with Gasteiger partial charge in [0.2, 0.25) is 53.2 Å². The summed E-state index contributed by atoms with van der Waals surface area (Å²) in [6.45, 7) is 29.8. The summed E-state index contributed by atoms with van der Waals surface area (Å²) in [4.78, 5) is 176. The summed E-state index contributed by atoms with van der Waals surface area (Å²) >= 11 is 0. The predicted octanol–water partition coefficient (Wildman–Crippen LogP) is 3.34. The Labute approximate surface area is 572 Å². The van der Waals surface area contributed by atoms with Crippen molar-refractivity contribution in [2.75, 3.05) is 69.0 Å². The second-order valence-electron chi connectivity index (χ2n) is 29.6. The smallest absolute Gasteiger partial charge is 0.329 e. The molecule has 26 nitrogen and oxygen atoms in total. The molecule has 1 aromatic heterocycles. The van der Waals surface area contributed by atoms with E-state index in [0.717, 1.165) is 20.4 Å². The Morgan fingerprint density at radius 3 is 1.41 bits per heavy atom. The summed E-state index contributed by atoms with van der Waals surface area (Å²) < 4.78 is 5.92. The van der Waals surface area contributed by atoms with Gasteiger partial charge in [-0.1, -0.05) is 110 Å². The van der Waals surface area contributed by atoms with Crippen molar-refractivity contribution in [2.45, 2.75) is 235 Å². The summed E-state index contributed by atoms with van der Waals surface area (Å²) in [5.41, 5.74) is 0.881. The summed E-state index contributed by atoms with van der Waals surface area (Å²) in [5, 5.41) is 34.9.